The number of likely N-dealkylation sites (N-methyl/N-ethyl adjacent to an activating group) is 1. The number of anilines is 2. The molecule has 0 bridgehead atoms. The number of aliphatic hydroxyl groups is 1. The lowest BCUT2D eigenvalue weighted by Gasteiger charge is -2.34. The Kier molecular flexibility index (Phi) is 6.75. The molecule has 3 aromatic rings. The summed E-state index contributed by atoms with van der Waals surface area (Å²) in [5.74, 6) is -1.31. The van der Waals surface area contributed by atoms with Gasteiger partial charge in [0.1, 0.15) is 17.6 Å². The Morgan fingerprint density at radius 3 is 2.36 bits per heavy atom. The van der Waals surface area contributed by atoms with E-state index in [1.54, 1.807) is 18.2 Å². The summed E-state index contributed by atoms with van der Waals surface area (Å²) in [6.45, 7) is 3.84. The predicted molar refractivity (Wildman–Crippen MR) is 143 cm³/mol. The molecule has 5 rings (SSSR count). The van der Waals surface area contributed by atoms with Gasteiger partial charge in [-0.25, -0.2) is 0 Å². The third-order valence-corrected chi connectivity index (χ3v) is 7.91. The van der Waals surface area contributed by atoms with Crippen LogP contribution in [0, 0.1) is 0 Å². The van der Waals surface area contributed by atoms with Crippen LogP contribution in [0.2, 0.25) is 5.02 Å². The summed E-state index contributed by atoms with van der Waals surface area (Å²) in [6.07, 6.45) is 0. The molecule has 0 saturated carbocycles. The first kappa shape index (κ1) is 24.4. The molecule has 186 valence electrons. The lowest BCUT2D eigenvalue weighted by Crippen LogP contribution is -2.44. The van der Waals surface area contributed by atoms with Gasteiger partial charge in [-0.05, 0) is 61.0 Å². The summed E-state index contributed by atoms with van der Waals surface area (Å²) in [7, 11) is 3.59. The molecule has 0 radical (unpaired) electrons. The largest absolute Gasteiger partial charge is 0.507 e. The van der Waals surface area contributed by atoms with Crippen molar-refractivity contribution in [2.75, 3.05) is 50.1 Å². The average molecular weight is 524 g/mol. The molecule has 2 fully saturated rings. The minimum Gasteiger partial charge on any atom is -0.507 e. The van der Waals surface area contributed by atoms with Crippen molar-refractivity contribution in [1.29, 1.82) is 0 Å². The van der Waals surface area contributed by atoms with Crippen molar-refractivity contribution in [3.8, 4) is 5.75 Å². The Morgan fingerprint density at radius 2 is 1.72 bits per heavy atom. The van der Waals surface area contributed by atoms with E-state index >= 15 is 0 Å². The molecular weight excluding hydrogens is 498 g/mol. The fourth-order valence-corrected chi connectivity index (χ4v) is 5.68. The van der Waals surface area contributed by atoms with Crippen LogP contribution >= 0.6 is 22.9 Å². The number of methoxy groups -OCH3 is 1. The quantitative estimate of drug-likeness (QED) is 0.294. The molecule has 2 aromatic carbocycles. The first-order chi connectivity index (χ1) is 17.4. The van der Waals surface area contributed by atoms with Crippen molar-refractivity contribution in [3.05, 3.63) is 81.0 Å². The number of carbonyl (C=O) groups is 2. The van der Waals surface area contributed by atoms with Gasteiger partial charge in [-0.3, -0.25) is 14.5 Å². The molecule has 1 unspecified atom stereocenters. The molecule has 9 heteroatoms. The fourth-order valence-electron chi connectivity index (χ4n) is 4.67. The predicted octanol–water partition coefficient (Wildman–Crippen LogP) is 4.79. The van der Waals surface area contributed by atoms with E-state index in [9.17, 15) is 14.7 Å². The zero-order valence-corrected chi connectivity index (χ0v) is 21.6. The van der Waals surface area contributed by atoms with Gasteiger partial charge in [0.15, 0.2) is 0 Å². The number of hydrogen-bond donors (Lipinski definition) is 1. The minimum absolute atomic E-state index is 0.0370. The maximum absolute atomic E-state index is 13.3. The van der Waals surface area contributed by atoms with Crippen LogP contribution < -0.4 is 14.5 Å². The van der Waals surface area contributed by atoms with Crippen LogP contribution in [0.4, 0.5) is 11.4 Å². The number of piperazine rings is 1. The topological polar surface area (TPSA) is 73.3 Å². The second kappa shape index (κ2) is 9.97. The van der Waals surface area contributed by atoms with Crippen LogP contribution in [0.25, 0.3) is 5.76 Å². The molecule has 0 spiro atoms. The number of Topliss-reactive ketones (excluding diaryl/α,β-unsaturated/α-hetero) is 1. The van der Waals surface area contributed by atoms with Crippen LogP contribution in [0.1, 0.15) is 16.5 Å². The molecule has 36 heavy (non-hydrogen) atoms. The van der Waals surface area contributed by atoms with Gasteiger partial charge in [0, 0.05) is 48.0 Å². The minimum atomic E-state index is -0.749. The van der Waals surface area contributed by atoms with E-state index in [4.69, 9.17) is 16.3 Å². The standard InChI is InChI=1S/C27H26ClN3O4S/c1-29-11-13-30(14-12-29)18-6-8-19(9-7-18)31-24(22-4-3-15-36-22)23(26(33)27(31)34)25(32)17-5-10-20(28)21(16-17)35-2/h3-10,15-16,24,32H,11-14H2,1-2H3/b25-23-. The SMILES string of the molecule is COc1cc(/C(O)=C2/C(=O)C(=O)N(c3ccc(N4CCN(C)CC4)cc3)C2c2cccs2)ccc1Cl. The molecular formula is C27H26ClN3O4S. The van der Waals surface area contributed by atoms with Gasteiger partial charge in [0.2, 0.25) is 0 Å². The van der Waals surface area contributed by atoms with Crippen LogP contribution in [-0.2, 0) is 9.59 Å². The Balaban J connectivity index is 1.55. The molecule has 3 heterocycles. The van der Waals surface area contributed by atoms with Crippen LogP contribution in [-0.4, -0.2) is 62.0 Å². The van der Waals surface area contributed by atoms with Crippen molar-refractivity contribution in [2.24, 2.45) is 0 Å². The number of rotatable bonds is 5. The monoisotopic (exact) mass is 523 g/mol. The number of nitrogens with zero attached hydrogens (tertiary/aromatic N) is 3. The number of hydrogen-bond acceptors (Lipinski definition) is 7. The average Bonchev–Trinajstić information content (AvgIpc) is 3.51. The summed E-state index contributed by atoms with van der Waals surface area (Å²) in [5.41, 5.74) is 2.06. The van der Waals surface area contributed by atoms with Gasteiger partial charge >= 0.3 is 0 Å². The van der Waals surface area contributed by atoms with Crippen molar-refractivity contribution in [1.82, 2.24) is 4.90 Å². The van der Waals surface area contributed by atoms with E-state index in [2.05, 4.69) is 16.8 Å². The summed E-state index contributed by atoms with van der Waals surface area (Å²) in [6, 6.07) is 15.4. The highest BCUT2D eigenvalue weighted by Crippen LogP contribution is 2.44. The number of carbonyl (C=O) groups excluding carboxylic acids is 2. The van der Waals surface area contributed by atoms with E-state index < -0.39 is 17.7 Å². The highest BCUT2D eigenvalue weighted by Gasteiger charge is 2.47. The van der Waals surface area contributed by atoms with E-state index in [0.717, 1.165) is 36.7 Å². The Labute approximate surface area is 218 Å². The number of halogens is 1. The molecule has 2 aliphatic heterocycles. The smallest absolute Gasteiger partial charge is 0.300 e. The highest BCUT2D eigenvalue weighted by molar-refractivity contribution is 7.10. The number of aliphatic hydroxyl groups excluding tert-OH is 1. The second-order valence-electron chi connectivity index (χ2n) is 8.84. The number of thiophene rings is 1. The normalized spacial score (nSPS) is 20.2. The molecule has 1 N–H and O–H groups in total. The van der Waals surface area contributed by atoms with Gasteiger partial charge < -0.3 is 19.6 Å². The van der Waals surface area contributed by atoms with Crippen LogP contribution in [0.15, 0.2) is 65.6 Å². The van der Waals surface area contributed by atoms with Gasteiger partial charge in [0.05, 0.1) is 17.7 Å². The van der Waals surface area contributed by atoms with Crippen molar-refractivity contribution in [3.63, 3.8) is 0 Å². The second-order valence-corrected chi connectivity index (χ2v) is 10.2. The molecule has 2 aliphatic rings. The maximum atomic E-state index is 13.3. The fraction of sp³-hybridized carbons (Fsp3) is 0.259. The molecule has 2 saturated heterocycles. The van der Waals surface area contributed by atoms with Crippen molar-refractivity contribution < 1.29 is 19.4 Å². The summed E-state index contributed by atoms with van der Waals surface area (Å²) in [5, 5.41) is 13.5. The molecule has 7 nitrogen and oxygen atoms in total. The number of benzene rings is 2. The summed E-state index contributed by atoms with van der Waals surface area (Å²) >= 11 is 7.57. The number of amides is 1. The Hall–Kier alpha value is -3.33. The molecule has 0 aliphatic carbocycles. The maximum Gasteiger partial charge on any atom is 0.300 e. The van der Waals surface area contributed by atoms with Crippen molar-refractivity contribution in [2.45, 2.75) is 6.04 Å². The first-order valence-corrected chi connectivity index (χ1v) is 12.9. The molecule has 1 amide bonds. The van der Waals surface area contributed by atoms with E-state index in [1.165, 1.54) is 23.3 Å². The van der Waals surface area contributed by atoms with Crippen LogP contribution in [0.5, 0.6) is 5.75 Å². The summed E-state index contributed by atoms with van der Waals surface area (Å²) < 4.78 is 5.27. The van der Waals surface area contributed by atoms with Crippen molar-refractivity contribution >= 4 is 51.8 Å². The zero-order valence-electron chi connectivity index (χ0n) is 20.0. The van der Waals surface area contributed by atoms with E-state index in [1.807, 2.05) is 41.8 Å². The van der Waals surface area contributed by atoms with E-state index in [0.29, 0.717) is 22.0 Å². The van der Waals surface area contributed by atoms with E-state index in [-0.39, 0.29) is 11.3 Å². The Morgan fingerprint density at radius 1 is 1.03 bits per heavy atom. The lowest BCUT2D eigenvalue weighted by molar-refractivity contribution is -0.132. The molecule has 1 aromatic heterocycles. The highest BCUT2D eigenvalue weighted by atomic mass is 35.5. The zero-order chi connectivity index (χ0) is 25.4. The van der Waals surface area contributed by atoms with Gasteiger partial charge in [-0.15, -0.1) is 11.3 Å². The third kappa shape index (κ3) is 4.36. The van der Waals surface area contributed by atoms with Gasteiger partial charge in [-0.2, -0.15) is 0 Å². The first-order valence-electron chi connectivity index (χ1n) is 11.6. The summed E-state index contributed by atoms with van der Waals surface area (Å²) in [4.78, 5) is 33.5. The lowest BCUT2D eigenvalue weighted by atomic mass is 9.99. The van der Waals surface area contributed by atoms with Gasteiger partial charge in [-0.1, -0.05) is 17.7 Å². The Bertz CT molecular complexity index is 1320. The number of ketones is 1. The van der Waals surface area contributed by atoms with Gasteiger partial charge in [0.25, 0.3) is 11.7 Å². The third-order valence-electron chi connectivity index (χ3n) is 6.68. The number of ether oxygens (including phenoxy) is 1. The molecule has 1 atom stereocenters. The van der Waals surface area contributed by atoms with Crippen LogP contribution in [0.3, 0.4) is 0 Å².